The Morgan fingerprint density at radius 1 is 1.12 bits per heavy atom. The Balaban J connectivity index is 1.50. The predicted molar refractivity (Wildman–Crippen MR) is 152 cm³/mol. The van der Waals surface area contributed by atoms with Gasteiger partial charge < -0.3 is 24.8 Å². The number of anilines is 2. The first kappa shape index (κ1) is 24.7. The predicted octanol–water partition coefficient (Wildman–Crippen LogP) is 3.59. The first-order valence-electron chi connectivity index (χ1n) is 13.5. The normalized spacial score (nSPS) is 19.6. The number of hydrogen-bond acceptors (Lipinski definition) is 7. The van der Waals surface area contributed by atoms with Gasteiger partial charge in [0, 0.05) is 87.2 Å². The summed E-state index contributed by atoms with van der Waals surface area (Å²) in [5.41, 5.74) is 6.38. The summed E-state index contributed by atoms with van der Waals surface area (Å²) in [6, 6.07) is 5.14. The van der Waals surface area contributed by atoms with Crippen molar-refractivity contribution in [2.45, 2.75) is 18.9 Å². The number of benzene rings is 1. The summed E-state index contributed by atoms with van der Waals surface area (Å²) >= 11 is 0. The van der Waals surface area contributed by atoms with Gasteiger partial charge in [-0.1, -0.05) is 0 Å². The van der Waals surface area contributed by atoms with E-state index in [1.165, 1.54) is 12.3 Å². The van der Waals surface area contributed by atoms with Crippen molar-refractivity contribution in [1.82, 2.24) is 19.4 Å². The zero-order valence-corrected chi connectivity index (χ0v) is 22.5. The van der Waals surface area contributed by atoms with E-state index in [1.54, 1.807) is 37.0 Å². The van der Waals surface area contributed by atoms with Crippen LogP contribution in [-0.2, 0) is 13.5 Å². The van der Waals surface area contributed by atoms with Gasteiger partial charge in [0.1, 0.15) is 17.0 Å². The molecule has 1 aromatic carbocycles. The number of likely N-dealkylation sites (N-methyl/N-ethyl adjacent to an activating group) is 1. The van der Waals surface area contributed by atoms with E-state index in [9.17, 15) is 19.1 Å². The minimum Gasteiger partial charge on any atom is -0.477 e. The summed E-state index contributed by atoms with van der Waals surface area (Å²) < 4.78 is 16.4. The van der Waals surface area contributed by atoms with Gasteiger partial charge in [-0.3, -0.25) is 9.78 Å². The maximum Gasteiger partial charge on any atom is 0.341 e. The number of carbonyl (C=O) groups is 1. The van der Waals surface area contributed by atoms with E-state index >= 15 is 0 Å². The molecule has 9 nitrogen and oxygen atoms in total. The average Bonchev–Trinajstić information content (AvgIpc) is 3.61. The van der Waals surface area contributed by atoms with E-state index in [1.807, 2.05) is 6.20 Å². The van der Waals surface area contributed by atoms with Gasteiger partial charge in [-0.15, -0.1) is 0 Å². The van der Waals surface area contributed by atoms with Crippen LogP contribution in [0.15, 0.2) is 41.6 Å². The second kappa shape index (κ2) is 8.85. The second-order valence-electron chi connectivity index (χ2n) is 11.2. The quantitative estimate of drug-likeness (QED) is 0.357. The molecule has 2 N–H and O–H groups in total. The number of rotatable bonds is 4. The van der Waals surface area contributed by atoms with E-state index in [0.29, 0.717) is 29.6 Å². The van der Waals surface area contributed by atoms with Crippen molar-refractivity contribution in [2.24, 2.45) is 13.0 Å². The van der Waals surface area contributed by atoms with E-state index in [4.69, 9.17) is 4.98 Å². The third-order valence-electron chi connectivity index (χ3n) is 8.80. The molecule has 10 heteroatoms. The highest BCUT2D eigenvalue weighted by atomic mass is 19.1. The van der Waals surface area contributed by atoms with E-state index < -0.39 is 11.4 Å². The van der Waals surface area contributed by atoms with Gasteiger partial charge in [-0.25, -0.2) is 14.2 Å². The van der Waals surface area contributed by atoms with Crippen molar-refractivity contribution < 1.29 is 14.3 Å². The van der Waals surface area contributed by atoms with Crippen LogP contribution in [0.3, 0.4) is 0 Å². The third-order valence-corrected chi connectivity index (χ3v) is 8.80. The molecule has 1 aliphatic carbocycles. The summed E-state index contributed by atoms with van der Waals surface area (Å²) in [6.45, 7) is 2.82. The van der Waals surface area contributed by atoms with Crippen LogP contribution >= 0.6 is 0 Å². The van der Waals surface area contributed by atoms with Crippen LogP contribution in [0.25, 0.3) is 33.3 Å². The lowest BCUT2D eigenvalue weighted by molar-refractivity contribution is 0.0695. The molecular weight excluding hydrogens is 511 g/mol. The van der Waals surface area contributed by atoms with Gasteiger partial charge in [0.15, 0.2) is 0 Å². The van der Waals surface area contributed by atoms with Crippen molar-refractivity contribution in [3.8, 4) is 22.3 Å². The molecule has 0 amide bonds. The lowest BCUT2D eigenvalue weighted by Gasteiger charge is -2.31. The lowest BCUT2D eigenvalue weighted by atomic mass is 9.96. The number of nitrogens with one attached hydrogen (secondary N) is 1. The molecule has 40 heavy (non-hydrogen) atoms. The Morgan fingerprint density at radius 3 is 2.73 bits per heavy atom. The minimum absolute atomic E-state index is 0.232. The van der Waals surface area contributed by atoms with Gasteiger partial charge in [-0.05, 0) is 48.7 Å². The number of halogens is 1. The van der Waals surface area contributed by atoms with Crippen LogP contribution in [0.2, 0.25) is 0 Å². The molecule has 5 heterocycles. The molecule has 0 saturated carbocycles. The van der Waals surface area contributed by atoms with Crippen molar-refractivity contribution in [2.75, 3.05) is 43.9 Å². The maximum atomic E-state index is 14.9. The molecule has 3 aliphatic rings. The zero-order chi connectivity index (χ0) is 27.9. The monoisotopic (exact) mass is 540 g/mol. The summed E-state index contributed by atoms with van der Waals surface area (Å²) in [7, 11) is 5.61. The van der Waals surface area contributed by atoms with Crippen LogP contribution in [0.4, 0.5) is 15.8 Å². The number of aromatic nitrogens is 3. The molecule has 7 rings (SSSR count). The summed E-state index contributed by atoms with van der Waals surface area (Å²) in [6.07, 6.45) is 6.49. The third kappa shape index (κ3) is 3.55. The Morgan fingerprint density at radius 2 is 1.95 bits per heavy atom. The van der Waals surface area contributed by atoms with Crippen molar-refractivity contribution in [1.29, 1.82) is 0 Å². The van der Waals surface area contributed by atoms with Gasteiger partial charge in [0.2, 0.25) is 5.43 Å². The molecule has 2 saturated heterocycles. The fraction of sp³-hybridized carbons (Fsp3) is 0.333. The standard InChI is InChI=1S/C30H29FN6O3/c1-32-23-8-17(31)7-19-18(23)9-24-26(19)27(37-5-4-15-12-35(2)14-25(15)37)21(11-33-24)16-6-20-28(38)22(30(39)40)13-36(3)29(20)34-10-16/h6-8,10-11,13,15,25,32H,4-5,9,12,14H2,1-3H3,(H,39,40)/t15-,25?/m0/s1. The molecule has 0 bridgehead atoms. The summed E-state index contributed by atoms with van der Waals surface area (Å²) in [5, 5.41) is 13.0. The first-order valence-corrected chi connectivity index (χ1v) is 13.5. The Labute approximate surface area is 229 Å². The van der Waals surface area contributed by atoms with E-state index in [-0.39, 0.29) is 16.8 Å². The second-order valence-corrected chi connectivity index (χ2v) is 11.2. The molecule has 4 aromatic rings. The van der Waals surface area contributed by atoms with Gasteiger partial charge >= 0.3 is 5.97 Å². The molecule has 2 fully saturated rings. The van der Waals surface area contributed by atoms with Gasteiger partial charge in [0.25, 0.3) is 0 Å². The average molecular weight is 541 g/mol. The number of aromatic carboxylic acids is 1. The van der Waals surface area contributed by atoms with Crippen LogP contribution in [0.1, 0.15) is 28.0 Å². The molecule has 2 atom stereocenters. The maximum absolute atomic E-state index is 14.9. The molecule has 1 unspecified atom stereocenters. The van der Waals surface area contributed by atoms with Crippen molar-refractivity contribution in [3.05, 3.63) is 69.7 Å². The largest absolute Gasteiger partial charge is 0.477 e. The fourth-order valence-electron chi connectivity index (χ4n) is 7.02. The molecule has 2 aliphatic heterocycles. The van der Waals surface area contributed by atoms with Crippen LogP contribution in [0, 0.1) is 11.7 Å². The van der Waals surface area contributed by atoms with Gasteiger partial charge in [0.05, 0.1) is 16.8 Å². The topological polar surface area (TPSA) is 104 Å². The van der Waals surface area contributed by atoms with E-state index in [2.05, 4.69) is 27.1 Å². The lowest BCUT2D eigenvalue weighted by Crippen LogP contribution is -2.35. The number of fused-ring (bicyclic) bond motifs is 5. The minimum atomic E-state index is -1.28. The SMILES string of the molecule is CNc1cc(F)cc2c1Cc1ncc(-c3cnc4c(c3)c(=O)c(C(=O)O)cn4C)c(N3CC[C@H]4CN(C)CC43)c1-2. The number of carboxylic acids is 1. The zero-order valence-electron chi connectivity index (χ0n) is 22.5. The highest BCUT2D eigenvalue weighted by Gasteiger charge is 2.43. The van der Waals surface area contributed by atoms with E-state index in [0.717, 1.165) is 65.4 Å². The highest BCUT2D eigenvalue weighted by molar-refractivity contribution is 5.98. The number of aryl methyl sites for hydroxylation is 1. The first-order chi connectivity index (χ1) is 19.2. The molecule has 0 radical (unpaired) electrons. The number of likely N-dealkylation sites (tertiary alicyclic amines) is 1. The molecule has 204 valence electrons. The Bertz CT molecular complexity index is 1800. The Kier molecular flexibility index (Phi) is 5.47. The van der Waals surface area contributed by atoms with Crippen molar-refractivity contribution >= 4 is 28.4 Å². The van der Waals surface area contributed by atoms with Crippen LogP contribution < -0.4 is 15.6 Å². The fourth-order valence-corrected chi connectivity index (χ4v) is 7.02. The summed E-state index contributed by atoms with van der Waals surface area (Å²) in [5.74, 6) is -1.06. The number of pyridine rings is 3. The molecule has 0 spiro atoms. The molecular formula is C30H29FN6O3. The number of hydrogen-bond donors (Lipinski definition) is 2. The summed E-state index contributed by atoms with van der Waals surface area (Å²) in [4.78, 5) is 39.2. The molecule has 3 aromatic heterocycles. The smallest absolute Gasteiger partial charge is 0.341 e. The van der Waals surface area contributed by atoms with Crippen molar-refractivity contribution in [3.63, 3.8) is 0 Å². The number of carboxylic acid groups (broad SMARTS) is 1. The Hall–Kier alpha value is -4.31. The van der Waals surface area contributed by atoms with Gasteiger partial charge in [-0.2, -0.15) is 0 Å². The highest BCUT2D eigenvalue weighted by Crippen LogP contribution is 2.51. The van der Waals surface area contributed by atoms with Crippen LogP contribution in [-0.4, -0.2) is 70.3 Å². The van der Waals surface area contributed by atoms with Crippen LogP contribution in [0.5, 0.6) is 0 Å². The number of nitrogens with zero attached hydrogens (tertiary/aromatic N) is 5.